The van der Waals surface area contributed by atoms with Gasteiger partial charge in [0.05, 0.1) is 10.4 Å². The van der Waals surface area contributed by atoms with Crippen LogP contribution in [0.4, 0.5) is 5.69 Å². The molecule has 2 heterocycles. The summed E-state index contributed by atoms with van der Waals surface area (Å²) in [5, 5.41) is 11.8. The number of benzene rings is 1. The van der Waals surface area contributed by atoms with Crippen LogP contribution in [0, 0.1) is 17.0 Å². The molecule has 0 saturated carbocycles. The van der Waals surface area contributed by atoms with Crippen LogP contribution in [-0.4, -0.2) is 14.5 Å². The molecular weight excluding hydrogens is 322 g/mol. The number of hydrogen-bond acceptors (Lipinski definition) is 3. The van der Waals surface area contributed by atoms with Gasteiger partial charge in [0, 0.05) is 22.1 Å². The molecule has 3 rings (SSSR count). The van der Waals surface area contributed by atoms with Crippen molar-refractivity contribution in [3.05, 3.63) is 62.9 Å². The Morgan fingerprint density at radius 2 is 2.10 bits per heavy atom. The summed E-state index contributed by atoms with van der Waals surface area (Å²) in [6.07, 6.45) is 3.25. The monoisotopic (exact) mass is 331 g/mol. The van der Waals surface area contributed by atoms with Crippen molar-refractivity contribution >= 4 is 32.5 Å². The van der Waals surface area contributed by atoms with Crippen LogP contribution in [0.3, 0.4) is 0 Å². The molecule has 0 saturated heterocycles. The Labute approximate surface area is 123 Å². The molecule has 100 valence electrons. The van der Waals surface area contributed by atoms with Crippen LogP contribution in [0.2, 0.25) is 0 Å². The number of aromatic nitrogens is 2. The van der Waals surface area contributed by atoms with E-state index in [0.717, 1.165) is 20.9 Å². The van der Waals surface area contributed by atoms with Crippen molar-refractivity contribution in [2.75, 3.05) is 0 Å². The highest BCUT2D eigenvalue weighted by Crippen LogP contribution is 2.27. The Morgan fingerprint density at radius 3 is 2.75 bits per heavy atom. The zero-order chi connectivity index (χ0) is 14.3. The summed E-state index contributed by atoms with van der Waals surface area (Å²) in [4.78, 5) is 14.4. The summed E-state index contributed by atoms with van der Waals surface area (Å²) >= 11 is 3.46. The van der Waals surface area contributed by atoms with Crippen molar-refractivity contribution in [1.82, 2.24) is 9.55 Å². The number of fused-ring (bicyclic) bond motifs is 1. The summed E-state index contributed by atoms with van der Waals surface area (Å²) < 4.78 is 2.95. The third kappa shape index (κ3) is 2.08. The second-order valence-corrected chi connectivity index (χ2v) is 5.39. The van der Waals surface area contributed by atoms with Gasteiger partial charge >= 0.3 is 0 Å². The van der Waals surface area contributed by atoms with Gasteiger partial charge in [-0.25, -0.2) is 4.98 Å². The van der Waals surface area contributed by atoms with Gasteiger partial charge in [-0.05, 0) is 36.8 Å². The number of nitrogens with zero attached hydrogens (tertiary/aromatic N) is 3. The average Bonchev–Trinajstić information content (AvgIpc) is 2.76. The van der Waals surface area contributed by atoms with E-state index in [-0.39, 0.29) is 5.69 Å². The number of halogens is 1. The lowest BCUT2D eigenvalue weighted by atomic mass is 10.2. The molecule has 0 N–H and O–H groups in total. The van der Waals surface area contributed by atoms with E-state index >= 15 is 0 Å². The Hall–Kier alpha value is -2.21. The van der Waals surface area contributed by atoms with Crippen molar-refractivity contribution in [1.29, 1.82) is 0 Å². The molecule has 0 atom stereocenters. The van der Waals surface area contributed by atoms with Crippen molar-refractivity contribution in [3.63, 3.8) is 0 Å². The van der Waals surface area contributed by atoms with Gasteiger partial charge in [0.1, 0.15) is 12.0 Å². The highest BCUT2D eigenvalue weighted by atomic mass is 79.9. The quantitative estimate of drug-likeness (QED) is 0.526. The molecule has 3 aromatic rings. The van der Waals surface area contributed by atoms with E-state index in [1.54, 1.807) is 6.07 Å². The first-order valence-electron chi connectivity index (χ1n) is 5.94. The summed E-state index contributed by atoms with van der Waals surface area (Å²) in [6.45, 7) is 2.02. The second-order valence-electron chi connectivity index (χ2n) is 4.48. The standard InChI is InChI=1S/C14H10BrN3O2/c1-9-8-17(13-4-2-10(15)6-12(9)13)14-5-3-11(7-16-14)18(19)20/h2-8H,1H3. The summed E-state index contributed by atoms with van der Waals surface area (Å²) in [5.74, 6) is 0.663. The predicted molar refractivity (Wildman–Crippen MR) is 80.2 cm³/mol. The highest BCUT2D eigenvalue weighted by Gasteiger charge is 2.10. The number of pyridine rings is 1. The smallest absolute Gasteiger partial charge is 0.287 e. The molecule has 2 aromatic heterocycles. The molecule has 0 spiro atoms. The third-order valence-corrected chi connectivity index (χ3v) is 3.65. The molecule has 5 nitrogen and oxygen atoms in total. The number of nitro groups is 1. The van der Waals surface area contributed by atoms with Gasteiger partial charge in [0.2, 0.25) is 0 Å². The number of rotatable bonds is 2. The van der Waals surface area contributed by atoms with Crippen LogP contribution in [0.25, 0.3) is 16.7 Å². The van der Waals surface area contributed by atoms with E-state index in [4.69, 9.17) is 0 Å². The summed E-state index contributed by atoms with van der Waals surface area (Å²) in [5.41, 5.74) is 2.14. The van der Waals surface area contributed by atoms with Crippen molar-refractivity contribution in [2.45, 2.75) is 6.92 Å². The molecule has 0 aliphatic heterocycles. The first-order valence-corrected chi connectivity index (χ1v) is 6.73. The van der Waals surface area contributed by atoms with Crippen molar-refractivity contribution in [3.8, 4) is 5.82 Å². The molecule has 0 amide bonds. The van der Waals surface area contributed by atoms with E-state index in [1.165, 1.54) is 12.3 Å². The van der Waals surface area contributed by atoms with Crippen molar-refractivity contribution in [2.24, 2.45) is 0 Å². The molecule has 0 aliphatic carbocycles. The topological polar surface area (TPSA) is 61.0 Å². The van der Waals surface area contributed by atoms with Gasteiger partial charge in [-0.1, -0.05) is 15.9 Å². The van der Waals surface area contributed by atoms with E-state index in [1.807, 2.05) is 35.9 Å². The summed E-state index contributed by atoms with van der Waals surface area (Å²) in [6, 6.07) is 9.12. The van der Waals surface area contributed by atoms with Gasteiger partial charge in [0.25, 0.3) is 5.69 Å². The zero-order valence-electron chi connectivity index (χ0n) is 10.6. The van der Waals surface area contributed by atoms with Crippen molar-refractivity contribution < 1.29 is 4.92 Å². The molecule has 1 aromatic carbocycles. The minimum atomic E-state index is -0.451. The fourth-order valence-electron chi connectivity index (χ4n) is 2.19. The normalized spacial score (nSPS) is 10.9. The van der Waals surface area contributed by atoms with Crippen LogP contribution in [-0.2, 0) is 0 Å². The lowest BCUT2D eigenvalue weighted by Gasteiger charge is -2.04. The molecular formula is C14H10BrN3O2. The molecule has 0 unspecified atom stereocenters. The molecule has 0 radical (unpaired) electrons. The van der Waals surface area contributed by atoms with Gasteiger partial charge in [-0.15, -0.1) is 0 Å². The Morgan fingerprint density at radius 1 is 1.30 bits per heavy atom. The zero-order valence-corrected chi connectivity index (χ0v) is 12.2. The fraction of sp³-hybridized carbons (Fsp3) is 0.0714. The van der Waals surface area contributed by atoms with Crippen LogP contribution in [0.15, 0.2) is 47.2 Å². The molecule has 6 heteroatoms. The van der Waals surface area contributed by atoms with Gasteiger partial charge in [0.15, 0.2) is 0 Å². The van der Waals surface area contributed by atoms with E-state index in [0.29, 0.717) is 5.82 Å². The molecule has 0 fully saturated rings. The predicted octanol–water partition coefficient (Wildman–Crippen LogP) is 4.00. The third-order valence-electron chi connectivity index (χ3n) is 3.16. The number of hydrogen-bond donors (Lipinski definition) is 0. The molecule has 20 heavy (non-hydrogen) atoms. The van der Waals surface area contributed by atoms with Gasteiger partial charge in [-0.2, -0.15) is 0 Å². The lowest BCUT2D eigenvalue weighted by Crippen LogP contribution is -1.96. The lowest BCUT2D eigenvalue weighted by molar-refractivity contribution is -0.385. The molecule has 0 bridgehead atoms. The minimum absolute atomic E-state index is 0.00956. The van der Waals surface area contributed by atoms with Gasteiger partial charge < -0.3 is 4.57 Å². The fourth-order valence-corrected chi connectivity index (χ4v) is 2.55. The second kappa shape index (κ2) is 4.72. The van der Waals surface area contributed by atoms with Crippen LogP contribution < -0.4 is 0 Å². The van der Waals surface area contributed by atoms with E-state index in [9.17, 15) is 10.1 Å². The maximum atomic E-state index is 10.7. The average molecular weight is 332 g/mol. The largest absolute Gasteiger partial charge is 0.301 e. The maximum Gasteiger partial charge on any atom is 0.287 e. The van der Waals surface area contributed by atoms with E-state index < -0.39 is 4.92 Å². The Bertz CT molecular complexity index is 809. The SMILES string of the molecule is Cc1cn(-c2ccc([N+](=O)[O-])cn2)c2ccc(Br)cc12. The van der Waals surface area contributed by atoms with Crippen LogP contribution >= 0.6 is 15.9 Å². The van der Waals surface area contributed by atoms with Crippen LogP contribution in [0.5, 0.6) is 0 Å². The van der Waals surface area contributed by atoms with Gasteiger partial charge in [-0.3, -0.25) is 10.1 Å². The van der Waals surface area contributed by atoms with Crippen LogP contribution in [0.1, 0.15) is 5.56 Å². The highest BCUT2D eigenvalue weighted by molar-refractivity contribution is 9.10. The molecule has 0 aliphatic rings. The first kappa shape index (κ1) is 12.8. The van der Waals surface area contributed by atoms with E-state index in [2.05, 4.69) is 20.9 Å². The first-order chi connectivity index (χ1) is 9.56. The minimum Gasteiger partial charge on any atom is -0.301 e. The summed E-state index contributed by atoms with van der Waals surface area (Å²) in [7, 11) is 0. The number of aryl methyl sites for hydroxylation is 1. The maximum absolute atomic E-state index is 10.7. The Balaban J connectivity index is 2.17. The Kier molecular flexibility index (Phi) is 3.02.